The Balaban J connectivity index is 2.17. The number of carboxylic acid groups (broad SMARTS) is 1. The molecule has 110 valence electrons. The van der Waals surface area contributed by atoms with Crippen molar-refractivity contribution in [2.75, 3.05) is 7.05 Å². The van der Waals surface area contributed by atoms with Gasteiger partial charge in [-0.1, -0.05) is 29.8 Å². The third-order valence-electron chi connectivity index (χ3n) is 3.49. The number of carboxylic acids is 1. The van der Waals surface area contributed by atoms with Crippen LogP contribution in [0.25, 0.3) is 0 Å². The zero-order valence-electron chi connectivity index (χ0n) is 12.2. The number of carbonyl (C=O) groups is 2. The number of hydrogen-bond acceptors (Lipinski definition) is 3. The van der Waals surface area contributed by atoms with Crippen molar-refractivity contribution in [2.45, 2.75) is 19.9 Å². The number of furan rings is 1. The van der Waals surface area contributed by atoms with Gasteiger partial charge in [0.05, 0.1) is 6.04 Å². The first-order valence-electron chi connectivity index (χ1n) is 6.57. The van der Waals surface area contributed by atoms with Crippen molar-refractivity contribution in [3.63, 3.8) is 0 Å². The Hall–Kier alpha value is -2.56. The quantitative estimate of drug-likeness (QED) is 0.937. The van der Waals surface area contributed by atoms with Crippen molar-refractivity contribution in [3.05, 3.63) is 59.0 Å². The van der Waals surface area contributed by atoms with Gasteiger partial charge in [-0.2, -0.15) is 0 Å². The van der Waals surface area contributed by atoms with E-state index in [0.717, 1.165) is 11.1 Å². The normalized spacial score (nSPS) is 12.0. The predicted molar refractivity (Wildman–Crippen MR) is 77.4 cm³/mol. The Kier molecular flexibility index (Phi) is 4.12. The summed E-state index contributed by atoms with van der Waals surface area (Å²) in [5, 5.41) is 8.81. The molecule has 0 fully saturated rings. The van der Waals surface area contributed by atoms with Crippen LogP contribution in [0.3, 0.4) is 0 Å². The molecule has 2 rings (SSSR count). The largest absolute Gasteiger partial charge is 0.475 e. The summed E-state index contributed by atoms with van der Waals surface area (Å²) < 4.78 is 5.04. The molecule has 0 saturated heterocycles. The van der Waals surface area contributed by atoms with Gasteiger partial charge in [0, 0.05) is 7.05 Å². The standard InChI is InChI=1S/C16H17NO4/c1-10-4-6-12(7-5-10)11(2)17(3)15(18)13-8-9-14(21-13)16(19)20/h4-9,11H,1-3H3,(H,19,20). The smallest absolute Gasteiger partial charge is 0.371 e. The van der Waals surface area contributed by atoms with Crippen LogP contribution < -0.4 is 0 Å². The average molecular weight is 287 g/mol. The van der Waals surface area contributed by atoms with Crippen molar-refractivity contribution >= 4 is 11.9 Å². The first-order valence-corrected chi connectivity index (χ1v) is 6.57. The van der Waals surface area contributed by atoms with Crippen LogP contribution in [0.5, 0.6) is 0 Å². The van der Waals surface area contributed by atoms with E-state index in [1.165, 1.54) is 17.0 Å². The monoisotopic (exact) mass is 287 g/mol. The van der Waals surface area contributed by atoms with Crippen LogP contribution in [0.15, 0.2) is 40.8 Å². The summed E-state index contributed by atoms with van der Waals surface area (Å²) in [6.45, 7) is 3.91. The lowest BCUT2D eigenvalue weighted by molar-refractivity contribution is 0.0647. The number of amides is 1. The lowest BCUT2D eigenvalue weighted by Gasteiger charge is -2.24. The minimum Gasteiger partial charge on any atom is -0.475 e. The van der Waals surface area contributed by atoms with Crippen molar-refractivity contribution in [3.8, 4) is 0 Å². The second kappa shape index (κ2) is 5.83. The molecule has 0 aliphatic carbocycles. The Morgan fingerprint density at radius 2 is 1.67 bits per heavy atom. The summed E-state index contributed by atoms with van der Waals surface area (Å²) in [4.78, 5) is 24.6. The highest BCUT2D eigenvalue weighted by atomic mass is 16.4. The van der Waals surface area contributed by atoms with Gasteiger partial charge in [0.25, 0.3) is 5.91 Å². The SMILES string of the molecule is Cc1ccc(C(C)N(C)C(=O)c2ccc(C(=O)O)o2)cc1. The topological polar surface area (TPSA) is 70.8 Å². The molecule has 1 aromatic carbocycles. The van der Waals surface area contributed by atoms with Crippen LogP contribution in [0.4, 0.5) is 0 Å². The molecule has 5 nitrogen and oxygen atoms in total. The molecule has 1 unspecified atom stereocenters. The van der Waals surface area contributed by atoms with Gasteiger partial charge in [-0.15, -0.1) is 0 Å². The molecule has 0 aliphatic rings. The van der Waals surface area contributed by atoms with E-state index in [9.17, 15) is 9.59 Å². The van der Waals surface area contributed by atoms with Crippen LogP contribution in [0.2, 0.25) is 0 Å². The number of benzene rings is 1. The van der Waals surface area contributed by atoms with Crippen LogP contribution >= 0.6 is 0 Å². The van der Waals surface area contributed by atoms with Crippen molar-refractivity contribution < 1.29 is 19.1 Å². The molecule has 0 spiro atoms. The predicted octanol–water partition coefficient (Wildman–Crippen LogP) is 3.12. The molecule has 1 heterocycles. The van der Waals surface area contributed by atoms with Crippen molar-refractivity contribution in [1.82, 2.24) is 4.90 Å². The molecular weight excluding hydrogens is 270 g/mol. The highest BCUT2D eigenvalue weighted by Crippen LogP contribution is 2.22. The van der Waals surface area contributed by atoms with Crippen LogP contribution in [0, 0.1) is 6.92 Å². The van der Waals surface area contributed by atoms with Crippen LogP contribution in [-0.4, -0.2) is 28.9 Å². The third-order valence-corrected chi connectivity index (χ3v) is 3.49. The Labute approximate surface area is 122 Å². The lowest BCUT2D eigenvalue weighted by Crippen LogP contribution is -2.29. The van der Waals surface area contributed by atoms with E-state index in [-0.39, 0.29) is 23.5 Å². The zero-order valence-corrected chi connectivity index (χ0v) is 12.2. The third kappa shape index (κ3) is 3.13. The molecule has 0 aliphatic heterocycles. The highest BCUT2D eigenvalue weighted by Gasteiger charge is 2.22. The molecule has 0 radical (unpaired) electrons. The number of aryl methyl sites for hydroxylation is 1. The molecule has 1 aromatic heterocycles. The van der Waals surface area contributed by atoms with Gasteiger partial charge < -0.3 is 14.4 Å². The van der Waals surface area contributed by atoms with Gasteiger partial charge in [-0.25, -0.2) is 4.79 Å². The zero-order chi connectivity index (χ0) is 15.6. The average Bonchev–Trinajstić information content (AvgIpc) is 2.96. The fourth-order valence-electron chi connectivity index (χ4n) is 1.99. The summed E-state index contributed by atoms with van der Waals surface area (Å²) in [5.74, 6) is -1.76. The maximum absolute atomic E-state index is 12.3. The Morgan fingerprint density at radius 3 is 2.19 bits per heavy atom. The Bertz CT molecular complexity index is 657. The van der Waals surface area contributed by atoms with Gasteiger partial charge in [0.1, 0.15) is 0 Å². The summed E-state index contributed by atoms with van der Waals surface area (Å²) >= 11 is 0. The van der Waals surface area contributed by atoms with E-state index in [2.05, 4.69) is 0 Å². The molecule has 1 atom stereocenters. The number of nitrogens with zero attached hydrogens (tertiary/aromatic N) is 1. The number of hydrogen-bond donors (Lipinski definition) is 1. The molecule has 1 N–H and O–H groups in total. The van der Waals surface area contributed by atoms with E-state index in [1.807, 2.05) is 38.1 Å². The first-order chi connectivity index (χ1) is 9.90. The van der Waals surface area contributed by atoms with Crippen LogP contribution in [0.1, 0.15) is 45.2 Å². The molecular formula is C16H17NO4. The first kappa shape index (κ1) is 14.8. The fraction of sp³-hybridized carbons (Fsp3) is 0.250. The molecule has 0 saturated carbocycles. The lowest BCUT2D eigenvalue weighted by atomic mass is 10.1. The van der Waals surface area contributed by atoms with Gasteiger partial charge in [0.15, 0.2) is 5.76 Å². The van der Waals surface area contributed by atoms with E-state index >= 15 is 0 Å². The minimum atomic E-state index is -1.19. The van der Waals surface area contributed by atoms with Crippen molar-refractivity contribution in [1.29, 1.82) is 0 Å². The number of carbonyl (C=O) groups excluding carboxylic acids is 1. The van der Waals surface area contributed by atoms with E-state index in [1.54, 1.807) is 7.05 Å². The maximum Gasteiger partial charge on any atom is 0.371 e. The van der Waals surface area contributed by atoms with Gasteiger partial charge in [-0.05, 0) is 31.5 Å². The molecule has 1 amide bonds. The molecule has 5 heteroatoms. The second-order valence-corrected chi connectivity index (χ2v) is 4.97. The maximum atomic E-state index is 12.3. The summed E-state index contributed by atoms with van der Waals surface area (Å²) in [7, 11) is 1.66. The number of aromatic carboxylic acids is 1. The fourth-order valence-corrected chi connectivity index (χ4v) is 1.99. The van der Waals surface area contributed by atoms with E-state index in [0.29, 0.717) is 0 Å². The number of rotatable bonds is 4. The molecule has 0 bridgehead atoms. The van der Waals surface area contributed by atoms with E-state index in [4.69, 9.17) is 9.52 Å². The highest BCUT2D eigenvalue weighted by molar-refractivity contribution is 5.93. The molecule has 21 heavy (non-hydrogen) atoms. The summed E-state index contributed by atoms with van der Waals surface area (Å²) in [6.07, 6.45) is 0. The second-order valence-electron chi connectivity index (χ2n) is 4.97. The van der Waals surface area contributed by atoms with Gasteiger partial charge in [-0.3, -0.25) is 4.79 Å². The van der Waals surface area contributed by atoms with Crippen molar-refractivity contribution in [2.24, 2.45) is 0 Å². The van der Waals surface area contributed by atoms with Crippen LogP contribution in [-0.2, 0) is 0 Å². The minimum absolute atomic E-state index is 0.0221. The van der Waals surface area contributed by atoms with Gasteiger partial charge >= 0.3 is 5.97 Å². The van der Waals surface area contributed by atoms with Gasteiger partial charge in [0.2, 0.25) is 5.76 Å². The summed E-state index contributed by atoms with van der Waals surface area (Å²) in [5.41, 5.74) is 2.15. The molecule has 2 aromatic rings. The Morgan fingerprint density at radius 1 is 1.10 bits per heavy atom. The van der Waals surface area contributed by atoms with E-state index < -0.39 is 5.97 Å². The summed E-state index contributed by atoms with van der Waals surface area (Å²) in [6, 6.07) is 10.4.